The number of fused-ring (bicyclic) bond motifs is 2. The fourth-order valence-electron chi connectivity index (χ4n) is 2.44. The third-order valence-corrected chi connectivity index (χ3v) is 3.44. The molecule has 4 nitrogen and oxygen atoms in total. The Morgan fingerprint density at radius 1 is 0.952 bits per heavy atom. The van der Waals surface area contributed by atoms with Gasteiger partial charge in [0, 0.05) is 11.1 Å². The van der Waals surface area contributed by atoms with E-state index in [2.05, 4.69) is 22.1 Å². The summed E-state index contributed by atoms with van der Waals surface area (Å²) in [5.41, 5.74) is 8.17. The Balaban J connectivity index is 1.79. The van der Waals surface area contributed by atoms with Crippen molar-refractivity contribution >= 4 is 27.5 Å². The highest BCUT2D eigenvalue weighted by molar-refractivity contribution is 5.88. The number of ether oxygens (including phenoxy) is 1. The maximum Gasteiger partial charge on any atom is 0.300 e. The Morgan fingerprint density at radius 3 is 2.76 bits per heavy atom. The van der Waals surface area contributed by atoms with Crippen LogP contribution in [0.2, 0.25) is 0 Å². The van der Waals surface area contributed by atoms with Crippen molar-refractivity contribution in [2.45, 2.75) is 0 Å². The molecular weight excluding hydrogens is 262 g/mol. The summed E-state index contributed by atoms with van der Waals surface area (Å²) in [7, 11) is 0. The first-order valence-corrected chi connectivity index (χ1v) is 6.70. The van der Waals surface area contributed by atoms with Gasteiger partial charge in [-0.25, -0.2) is 0 Å². The highest BCUT2D eigenvalue weighted by atomic mass is 16.5. The van der Waals surface area contributed by atoms with Crippen LogP contribution in [0.15, 0.2) is 60.7 Å². The summed E-state index contributed by atoms with van der Waals surface area (Å²) in [5, 5.41) is 2.19. The first-order chi connectivity index (χ1) is 10.3. The summed E-state index contributed by atoms with van der Waals surface area (Å²) >= 11 is 0. The quantitative estimate of drug-likeness (QED) is 0.541. The van der Waals surface area contributed by atoms with Gasteiger partial charge in [-0.3, -0.25) is 0 Å². The second kappa shape index (κ2) is 4.52. The van der Waals surface area contributed by atoms with Gasteiger partial charge in [0.1, 0.15) is 5.75 Å². The molecule has 1 aromatic heterocycles. The van der Waals surface area contributed by atoms with Gasteiger partial charge >= 0.3 is 0 Å². The second-order valence-corrected chi connectivity index (χ2v) is 4.90. The summed E-state index contributed by atoms with van der Waals surface area (Å²) in [6, 6.07) is 20.1. The van der Waals surface area contributed by atoms with Crippen LogP contribution in [0, 0.1) is 0 Å². The monoisotopic (exact) mass is 275 g/mol. The summed E-state index contributed by atoms with van der Waals surface area (Å²) in [5.74, 6) is 0.778. The molecule has 0 unspecified atom stereocenters. The lowest BCUT2D eigenvalue weighted by atomic mass is 10.1. The average molecular weight is 275 g/mol. The molecule has 4 aromatic rings. The molecule has 4 heteroatoms. The fourth-order valence-corrected chi connectivity index (χ4v) is 2.44. The molecule has 0 saturated carbocycles. The van der Waals surface area contributed by atoms with Crippen LogP contribution in [0.1, 0.15) is 0 Å². The van der Waals surface area contributed by atoms with Crippen molar-refractivity contribution in [3.63, 3.8) is 0 Å². The van der Waals surface area contributed by atoms with Gasteiger partial charge in [0.2, 0.25) is 0 Å². The van der Waals surface area contributed by atoms with E-state index in [1.807, 2.05) is 48.5 Å². The van der Waals surface area contributed by atoms with E-state index in [0.29, 0.717) is 11.7 Å². The number of imidazole rings is 1. The number of rotatable bonds is 2. The van der Waals surface area contributed by atoms with Gasteiger partial charge in [-0.1, -0.05) is 36.4 Å². The number of H-pyrrole nitrogens is 1. The fraction of sp³-hybridized carbons (Fsp3) is 0. The van der Waals surface area contributed by atoms with Crippen molar-refractivity contribution in [2.75, 3.05) is 5.73 Å². The van der Waals surface area contributed by atoms with Gasteiger partial charge in [-0.05, 0) is 29.7 Å². The lowest BCUT2D eigenvalue weighted by Crippen LogP contribution is -1.87. The van der Waals surface area contributed by atoms with Gasteiger partial charge in [0.05, 0.1) is 11.0 Å². The topological polar surface area (TPSA) is 63.9 Å². The number of benzene rings is 3. The standard InChI is InChI=1S/C17H13N3O/c18-12-8-9-14-15(10-12)20-17(19-14)21-16-7-3-5-11-4-1-2-6-13(11)16/h1-10H,18H2,(H,19,20). The molecule has 0 aliphatic rings. The molecule has 0 radical (unpaired) electrons. The predicted molar refractivity (Wildman–Crippen MR) is 84.5 cm³/mol. The number of nitrogen functional groups attached to an aromatic ring is 1. The molecule has 0 saturated heterocycles. The van der Waals surface area contributed by atoms with Gasteiger partial charge in [0.25, 0.3) is 6.01 Å². The SMILES string of the molecule is Nc1ccc2nc(Oc3cccc4ccccc34)[nH]c2c1. The van der Waals surface area contributed by atoms with Gasteiger partial charge in [0.15, 0.2) is 0 Å². The number of hydrogen-bond acceptors (Lipinski definition) is 3. The largest absolute Gasteiger partial charge is 0.425 e. The third-order valence-electron chi connectivity index (χ3n) is 3.44. The molecular formula is C17H13N3O. The Labute approximate surface area is 121 Å². The van der Waals surface area contributed by atoms with E-state index in [1.54, 1.807) is 0 Å². The van der Waals surface area contributed by atoms with Gasteiger partial charge in [-0.15, -0.1) is 0 Å². The smallest absolute Gasteiger partial charge is 0.300 e. The molecule has 0 spiro atoms. The molecule has 1 heterocycles. The number of aromatic amines is 1. The lowest BCUT2D eigenvalue weighted by Gasteiger charge is -2.05. The van der Waals surface area contributed by atoms with E-state index >= 15 is 0 Å². The van der Waals surface area contributed by atoms with Crippen LogP contribution < -0.4 is 10.5 Å². The minimum absolute atomic E-state index is 0.465. The molecule has 0 amide bonds. The number of nitrogens with two attached hydrogens (primary N) is 1. The van der Waals surface area contributed by atoms with Crippen LogP contribution in [0.3, 0.4) is 0 Å². The molecule has 3 aromatic carbocycles. The first-order valence-electron chi connectivity index (χ1n) is 6.70. The Kier molecular flexibility index (Phi) is 2.54. The minimum Gasteiger partial charge on any atom is -0.425 e. The van der Waals surface area contributed by atoms with Crippen LogP contribution in [0.5, 0.6) is 11.8 Å². The van der Waals surface area contributed by atoms with Gasteiger partial charge in [-0.2, -0.15) is 4.98 Å². The Bertz CT molecular complexity index is 938. The van der Waals surface area contributed by atoms with E-state index in [1.165, 1.54) is 0 Å². The summed E-state index contributed by atoms with van der Waals surface area (Å²) < 4.78 is 5.91. The normalized spacial score (nSPS) is 11.0. The van der Waals surface area contributed by atoms with Crippen LogP contribution in [0.25, 0.3) is 21.8 Å². The zero-order chi connectivity index (χ0) is 14.2. The predicted octanol–water partition coefficient (Wildman–Crippen LogP) is 4.09. The number of aromatic nitrogens is 2. The van der Waals surface area contributed by atoms with Crippen molar-refractivity contribution in [2.24, 2.45) is 0 Å². The number of nitrogens with one attached hydrogen (secondary N) is 1. The molecule has 0 aliphatic heterocycles. The Morgan fingerprint density at radius 2 is 1.81 bits per heavy atom. The van der Waals surface area contributed by atoms with E-state index in [9.17, 15) is 0 Å². The molecule has 0 bridgehead atoms. The van der Waals surface area contributed by atoms with Crippen molar-refractivity contribution in [1.29, 1.82) is 0 Å². The van der Waals surface area contributed by atoms with Crippen LogP contribution in [0.4, 0.5) is 5.69 Å². The third kappa shape index (κ3) is 2.07. The van der Waals surface area contributed by atoms with E-state index in [0.717, 1.165) is 27.6 Å². The zero-order valence-electron chi connectivity index (χ0n) is 11.2. The maximum absolute atomic E-state index is 5.91. The highest BCUT2D eigenvalue weighted by Crippen LogP contribution is 2.29. The number of hydrogen-bond donors (Lipinski definition) is 2. The lowest BCUT2D eigenvalue weighted by molar-refractivity contribution is 0.454. The summed E-state index contributed by atoms with van der Waals surface area (Å²) in [6.07, 6.45) is 0. The number of nitrogens with zero attached hydrogens (tertiary/aromatic N) is 1. The first kappa shape index (κ1) is 11.8. The maximum atomic E-state index is 5.91. The van der Waals surface area contributed by atoms with Crippen LogP contribution in [-0.4, -0.2) is 9.97 Å². The van der Waals surface area contributed by atoms with E-state index in [-0.39, 0.29) is 0 Å². The van der Waals surface area contributed by atoms with Crippen LogP contribution in [-0.2, 0) is 0 Å². The van der Waals surface area contributed by atoms with Crippen molar-refractivity contribution in [3.8, 4) is 11.8 Å². The van der Waals surface area contributed by atoms with Crippen molar-refractivity contribution in [1.82, 2.24) is 9.97 Å². The zero-order valence-corrected chi connectivity index (χ0v) is 11.2. The summed E-state index contributed by atoms with van der Waals surface area (Å²) in [4.78, 5) is 7.56. The molecule has 0 atom stereocenters. The molecule has 102 valence electrons. The molecule has 21 heavy (non-hydrogen) atoms. The van der Waals surface area contributed by atoms with E-state index < -0.39 is 0 Å². The molecule has 0 fully saturated rings. The van der Waals surface area contributed by atoms with E-state index in [4.69, 9.17) is 10.5 Å². The van der Waals surface area contributed by atoms with Gasteiger partial charge < -0.3 is 15.5 Å². The molecule has 3 N–H and O–H groups in total. The summed E-state index contributed by atoms with van der Waals surface area (Å²) in [6.45, 7) is 0. The molecule has 4 rings (SSSR count). The highest BCUT2D eigenvalue weighted by Gasteiger charge is 2.07. The minimum atomic E-state index is 0.465. The second-order valence-electron chi connectivity index (χ2n) is 4.90. The average Bonchev–Trinajstić information content (AvgIpc) is 2.89. The number of anilines is 1. The Hall–Kier alpha value is -3.01. The van der Waals surface area contributed by atoms with Crippen LogP contribution >= 0.6 is 0 Å². The van der Waals surface area contributed by atoms with Crippen molar-refractivity contribution < 1.29 is 4.74 Å². The van der Waals surface area contributed by atoms with Crippen molar-refractivity contribution in [3.05, 3.63) is 60.7 Å². The molecule has 0 aliphatic carbocycles.